The summed E-state index contributed by atoms with van der Waals surface area (Å²) in [6.45, 7) is 0. The molecular formula is BaCa2Mn. The largest absolute Gasteiger partial charge is 0 e. The second-order valence-corrected chi connectivity index (χ2v) is 0. The fourth-order valence-electron chi connectivity index (χ4n) is 0. The van der Waals surface area contributed by atoms with E-state index in [0.717, 1.165) is 0 Å². The number of rotatable bonds is 0. The molecule has 0 amide bonds. The number of hydrogen-bond acceptors (Lipinski definition) is 0. The molecule has 0 aromatic heterocycles. The molecule has 0 nitrogen and oxygen atoms in total. The Morgan fingerprint density at radius 1 is 0.750 bits per heavy atom. The maximum atomic E-state index is 0. The summed E-state index contributed by atoms with van der Waals surface area (Å²) in [7, 11) is 0. The zero-order valence-corrected chi connectivity index (χ0v) is 12.5. The van der Waals surface area contributed by atoms with Gasteiger partial charge in [-0.05, 0) is 0 Å². The third kappa shape index (κ3) is 9.79. The molecule has 0 aliphatic carbocycles. The van der Waals surface area contributed by atoms with Crippen LogP contribution in [0.3, 0.4) is 0 Å². The average Bonchev–Trinajstić information content (AvgIpc) is 0. The van der Waals surface area contributed by atoms with Crippen LogP contribution in [-0.4, -0.2) is 124 Å². The molecule has 0 aromatic rings. The van der Waals surface area contributed by atoms with E-state index < -0.39 is 0 Å². The van der Waals surface area contributed by atoms with Gasteiger partial charge in [-0.3, -0.25) is 0 Å². The van der Waals surface area contributed by atoms with Crippen LogP contribution in [0.5, 0.6) is 0 Å². The Morgan fingerprint density at radius 3 is 0.750 bits per heavy atom. The van der Waals surface area contributed by atoms with Crippen molar-refractivity contribution in [3.63, 3.8) is 0 Å². The summed E-state index contributed by atoms with van der Waals surface area (Å²) in [5, 5.41) is 0. The smallest absolute Gasteiger partial charge is 0 e. The quantitative estimate of drug-likeness (QED) is 0.489. The van der Waals surface area contributed by atoms with E-state index >= 15 is 0 Å². The van der Waals surface area contributed by atoms with Gasteiger partial charge in [-0.2, -0.15) is 0 Å². The van der Waals surface area contributed by atoms with Gasteiger partial charge in [-0.1, -0.05) is 0 Å². The van der Waals surface area contributed by atoms with Gasteiger partial charge in [0.2, 0.25) is 0 Å². The van der Waals surface area contributed by atoms with E-state index in [9.17, 15) is 0 Å². The van der Waals surface area contributed by atoms with Crippen LogP contribution < -0.4 is 0 Å². The van der Waals surface area contributed by atoms with Crippen molar-refractivity contribution >= 4 is 124 Å². The van der Waals surface area contributed by atoms with Gasteiger partial charge in [-0.15, -0.1) is 0 Å². The summed E-state index contributed by atoms with van der Waals surface area (Å²) in [6, 6.07) is 0. The minimum atomic E-state index is 0. The molecule has 0 saturated heterocycles. The van der Waals surface area contributed by atoms with Crippen LogP contribution in [0, 0.1) is 0 Å². The standard InChI is InChI=1S/Ba.2Ca.Mn. The molecule has 0 aliphatic heterocycles. The van der Waals surface area contributed by atoms with Crippen molar-refractivity contribution in [1.82, 2.24) is 0 Å². The van der Waals surface area contributed by atoms with Crippen molar-refractivity contribution in [1.29, 1.82) is 0 Å². The van der Waals surface area contributed by atoms with Crippen molar-refractivity contribution in [3.8, 4) is 0 Å². The Bertz CT molecular complexity index is 6.00. The van der Waals surface area contributed by atoms with Crippen molar-refractivity contribution < 1.29 is 17.1 Å². The molecule has 0 aromatic carbocycles. The predicted octanol–water partition coefficient (Wildman–Crippen LogP) is -1.14. The first-order valence-electron chi connectivity index (χ1n) is 0. The summed E-state index contributed by atoms with van der Waals surface area (Å²) >= 11 is 0. The van der Waals surface area contributed by atoms with Gasteiger partial charge >= 0.3 is 0 Å². The van der Waals surface area contributed by atoms with Gasteiger partial charge in [0.1, 0.15) is 0 Å². The molecule has 4 heavy (non-hydrogen) atoms. The Labute approximate surface area is 137 Å². The molecule has 0 fully saturated rings. The summed E-state index contributed by atoms with van der Waals surface area (Å²) in [5.41, 5.74) is 0. The molecule has 0 heterocycles. The van der Waals surface area contributed by atoms with E-state index in [1.165, 1.54) is 0 Å². The van der Waals surface area contributed by atoms with E-state index in [-0.39, 0.29) is 141 Å². The Morgan fingerprint density at radius 2 is 0.750 bits per heavy atom. The molecule has 4 heteroatoms. The van der Waals surface area contributed by atoms with Gasteiger partial charge in [0.05, 0.1) is 0 Å². The molecule has 0 spiro atoms. The Balaban J connectivity index is 0. The van der Waals surface area contributed by atoms with E-state index in [1.807, 2.05) is 0 Å². The molecule has 0 rings (SSSR count). The maximum Gasteiger partial charge on any atom is 0 e. The van der Waals surface area contributed by atoms with Gasteiger partial charge in [0, 0.05) is 141 Å². The van der Waals surface area contributed by atoms with Crippen molar-refractivity contribution in [3.05, 3.63) is 0 Å². The van der Waals surface area contributed by atoms with Crippen LogP contribution >= 0.6 is 0 Å². The predicted molar refractivity (Wildman–Crippen MR) is 17.3 cm³/mol. The SMILES string of the molecule is [Ba].[Ca].[Ca].[Mn]. The van der Waals surface area contributed by atoms with Crippen molar-refractivity contribution in [2.45, 2.75) is 0 Å². The van der Waals surface area contributed by atoms with Crippen LogP contribution in [0.15, 0.2) is 0 Å². The first kappa shape index (κ1) is 23.5. The van der Waals surface area contributed by atoms with E-state index in [0.29, 0.717) is 0 Å². The molecule has 0 saturated carbocycles. The summed E-state index contributed by atoms with van der Waals surface area (Å²) in [4.78, 5) is 0. The molecule has 0 bridgehead atoms. The first-order chi connectivity index (χ1) is 0. The summed E-state index contributed by atoms with van der Waals surface area (Å²) in [6.07, 6.45) is 0. The fourth-order valence-corrected chi connectivity index (χ4v) is 0. The van der Waals surface area contributed by atoms with E-state index in [2.05, 4.69) is 0 Å². The Hall–Kier alpha value is 4.61. The molecule has 0 aliphatic rings. The second kappa shape index (κ2) is 15.6. The van der Waals surface area contributed by atoms with Crippen LogP contribution in [-0.2, 0) is 17.1 Å². The van der Waals surface area contributed by atoms with E-state index in [4.69, 9.17) is 0 Å². The van der Waals surface area contributed by atoms with Crippen LogP contribution in [0.25, 0.3) is 0 Å². The minimum Gasteiger partial charge on any atom is 0 e. The van der Waals surface area contributed by atoms with E-state index in [1.54, 1.807) is 0 Å². The van der Waals surface area contributed by atoms with Crippen LogP contribution in [0.2, 0.25) is 0 Å². The summed E-state index contributed by atoms with van der Waals surface area (Å²) < 4.78 is 0. The van der Waals surface area contributed by atoms with Gasteiger partial charge in [-0.25, -0.2) is 0 Å². The molecule has 0 atom stereocenters. The molecular weight excluding hydrogens is 272 g/mol. The van der Waals surface area contributed by atoms with Crippen molar-refractivity contribution in [2.75, 3.05) is 0 Å². The maximum absolute atomic E-state index is 0. The monoisotopic (exact) mass is 273 g/mol. The van der Waals surface area contributed by atoms with Crippen LogP contribution in [0.4, 0.5) is 0 Å². The Kier molecular flexibility index (Phi) is 91.8. The zero-order chi connectivity index (χ0) is 0. The van der Waals surface area contributed by atoms with Gasteiger partial charge < -0.3 is 0 Å². The molecule has 0 N–H and O–H groups in total. The van der Waals surface area contributed by atoms with Crippen molar-refractivity contribution in [2.24, 2.45) is 0 Å². The third-order valence-electron chi connectivity index (χ3n) is 0. The van der Waals surface area contributed by atoms with Gasteiger partial charge in [0.15, 0.2) is 0 Å². The average molecular weight is 272 g/mol. The number of hydrogen-bond donors (Lipinski definition) is 0. The normalized spacial score (nSPS) is 0. The van der Waals surface area contributed by atoms with Gasteiger partial charge in [0.25, 0.3) is 0 Å². The summed E-state index contributed by atoms with van der Waals surface area (Å²) in [5.74, 6) is 0. The molecule has 7 radical (unpaired) electrons. The fraction of sp³-hybridized carbons (Fsp3) is 0. The first-order valence-corrected chi connectivity index (χ1v) is 0. The third-order valence-corrected chi connectivity index (χ3v) is 0. The molecule has 0 unspecified atom stereocenters. The molecule has 13 valence electrons. The zero-order valence-electron chi connectivity index (χ0n) is 2.50. The minimum absolute atomic E-state index is 0. The topological polar surface area (TPSA) is 0 Å². The second-order valence-electron chi connectivity index (χ2n) is 0. The van der Waals surface area contributed by atoms with Crippen LogP contribution in [0.1, 0.15) is 0 Å².